The number of rotatable bonds is 6. The van der Waals surface area contributed by atoms with E-state index in [9.17, 15) is 17.6 Å². The molecule has 2 aliphatic heterocycles. The van der Waals surface area contributed by atoms with Gasteiger partial charge in [-0.15, -0.1) is 0 Å². The number of pyridine rings is 1. The number of carbonyl (C=O) groups is 1. The highest BCUT2D eigenvalue weighted by atomic mass is 32.2. The Morgan fingerprint density at radius 2 is 1.94 bits per heavy atom. The van der Waals surface area contributed by atoms with Crippen LogP contribution in [0.2, 0.25) is 0 Å². The normalized spacial score (nSPS) is 19.0. The molecule has 0 radical (unpaired) electrons. The predicted octanol–water partition coefficient (Wildman–Crippen LogP) is 3.23. The van der Waals surface area contributed by atoms with E-state index in [-0.39, 0.29) is 18.0 Å². The minimum Gasteiger partial charge on any atom is -0.443 e. The summed E-state index contributed by atoms with van der Waals surface area (Å²) in [5, 5.41) is 0.706. The number of sulfonamides is 1. The van der Waals surface area contributed by atoms with Crippen LogP contribution in [-0.4, -0.2) is 63.3 Å². The molecule has 1 N–H and O–H groups in total. The van der Waals surface area contributed by atoms with Crippen molar-refractivity contribution in [3.63, 3.8) is 0 Å². The molecule has 34 heavy (non-hydrogen) atoms. The van der Waals surface area contributed by atoms with E-state index >= 15 is 0 Å². The van der Waals surface area contributed by atoms with Crippen molar-refractivity contribution in [3.05, 3.63) is 60.5 Å². The van der Waals surface area contributed by atoms with Crippen LogP contribution in [0.1, 0.15) is 0 Å². The molecule has 1 aromatic heterocycles. The van der Waals surface area contributed by atoms with Crippen molar-refractivity contribution < 1.29 is 22.3 Å². The van der Waals surface area contributed by atoms with Crippen LogP contribution in [0.4, 0.5) is 20.6 Å². The molecular weight excluding hydrogens is 479 g/mol. The molecule has 0 unspecified atom stereocenters. The number of aromatic nitrogens is 1. The van der Waals surface area contributed by atoms with E-state index in [0.717, 1.165) is 24.6 Å². The Labute approximate surface area is 201 Å². The van der Waals surface area contributed by atoms with E-state index in [2.05, 4.69) is 9.71 Å². The summed E-state index contributed by atoms with van der Waals surface area (Å²) in [6, 6.07) is 13.1. The van der Waals surface area contributed by atoms with Crippen LogP contribution in [0, 0.1) is 5.82 Å². The minimum absolute atomic E-state index is 0.0561. The van der Waals surface area contributed by atoms with E-state index in [0.29, 0.717) is 22.3 Å². The number of benzene rings is 2. The summed E-state index contributed by atoms with van der Waals surface area (Å²) in [5.74, 6) is 1.50. The number of para-hydroxylation sites is 1. The Hall–Kier alpha value is -2.89. The molecule has 2 aliphatic rings. The number of thioether (sulfide) groups is 1. The number of amides is 1. The summed E-state index contributed by atoms with van der Waals surface area (Å²) in [6.07, 6.45) is 0.178. The fourth-order valence-electron chi connectivity index (χ4n) is 4.14. The molecule has 3 aromatic rings. The van der Waals surface area contributed by atoms with Crippen LogP contribution in [-0.2, 0) is 14.8 Å². The lowest BCUT2D eigenvalue weighted by molar-refractivity contribution is 0.143. The van der Waals surface area contributed by atoms with Gasteiger partial charge in [-0.3, -0.25) is 9.88 Å². The van der Waals surface area contributed by atoms with Crippen LogP contribution in [0.15, 0.2) is 59.6 Å². The van der Waals surface area contributed by atoms with Crippen molar-refractivity contribution in [2.24, 2.45) is 0 Å². The molecule has 0 spiro atoms. The van der Waals surface area contributed by atoms with Crippen molar-refractivity contribution >= 4 is 50.2 Å². The summed E-state index contributed by atoms with van der Waals surface area (Å²) >= 11 is 1.84. The first-order valence-electron chi connectivity index (χ1n) is 10.9. The highest BCUT2D eigenvalue weighted by Gasteiger charge is 2.34. The van der Waals surface area contributed by atoms with Gasteiger partial charge >= 0.3 is 6.09 Å². The van der Waals surface area contributed by atoms with Gasteiger partial charge in [0.15, 0.2) is 0 Å². The maximum absolute atomic E-state index is 14.8. The number of hydrogen-bond acceptors (Lipinski definition) is 7. The quantitative estimate of drug-likeness (QED) is 0.553. The van der Waals surface area contributed by atoms with E-state index < -0.39 is 28.0 Å². The summed E-state index contributed by atoms with van der Waals surface area (Å²) < 4.78 is 48.5. The first-order chi connectivity index (χ1) is 16.4. The summed E-state index contributed by atoms with van der Waals surface area (Å²) in [6.45, 7) is 1.55. The summed E-state index contributed by atoms with van der Waals surface area (Å²) in [7, 11) is -3.89. The molecule has 11 heteroatoms. The fourth-order valence-corrected chi connectivity index (χ4v) is 6.28. The number of hydrogen-bond donors (Lipinski definition) is 1. The van der Waals surface area contributed by atoms with E-state index in [1.54, 1.807) is 36.4 Å². The number of anilines is 2. The van der Waals surface area contributed by atoms with Gasteiger partial charge in [-0.2, -0.15) is 11.8 Å². The molecule has 1 amide bonds. The Kier molecular flexibility index (Phi) is 6.32. The molecule has 0 aliphatic carbocycles. The zero-order valence-electron chi connectivity index (χ0n) is 18.2. The van der Waals surface area contributed by atoms with Gasteiger partial charge in [0.2, 0.25) is 10.0 Å². The SMILES string of the molecule is O=C1O[C@@H](CNS(=O)(=O)c2cccc3cccnc23)CN1c1ccc(N2CCSCC2)c(F)c1. The Morgan fingerprint density at radius 3 is 2.74 bits per heavy atom. The number of nitrogens with one attached hydrogen (secondary N) is 1. The molecule has 8 nitrogen and oxygen atoms in total. The molecule has 5 rings (SSSR count). The monoisotopic (exact) mass is 502 g/mol. The number of ether oxygens (including phenoxy) is 1. The number of fused-ring (bicyclic) bond motifs is 1. The van der Waals surface area contributed by atoms with Crippen molar-refractivity contribution in [1.82, 2.24) is 9.71 Å². The highest BCUT2D eigenvalue weighted by Crippen LogP contribution is 2.29. The third-order valence-electron chi connectivity index (χ3n) is 5.86. The second-order valence-corrected chi connectivity index (χ2v) is 11.0. The van der Waals surface area contributed by atoms with Crippen LogP contribution in [0.5, 0.6) is 0 Å². The van der Waals surface area contributed by atoms with E-state index in [1.807, 2.05) is 16.7 Å². The van der Waals surface area contributed by atoms with Crippen molar-refractivity contribution in [2.75, 3.05) is 47.5 Å². The Morgan fingerprint density at radius 1 is 1.15 bits per heavy atom. The highest BCUT2D eigenvalue weighted by molar-refractivity contribution is 7.99. The van der Waals surface area contributed by atoms with Gasteiger partial charge in [0.05, 0.1) is 23.4 Å². The second-order valence-electron chi connectivity index (χ2n) is 8.03. The fraction of sp³-hybridized carbons (Fsp3) is 0.304. The third-order valence-corrected chi connectivity index (χ3v) is 8.25. The zero-order chi connectivity index (χ0) is 23.7. The molecule has 0 saturated carbocycles. The largest absolute Gasteiger partial charge is 0.443 e. The number of halogens is 1. The maximum Gasteiger partial charge on any atom is 0.414 e. The summed E-state index contributed by atoms with van der Waals surface area (Å²) in [4.78, 5) is 20.0. The molecule has 0 bridgehead atoms. The number of carbonyl (C=O) groups excluding carboxylic acids is 1. The zero-order valence-corrected chi connectivity index (χ0v) is 19.8. The maximum atomic E-state index is 14.8. The van der Waals surface area contributed by atoms with Gasteiger partial charge in [-0.25, -0.2) is 22.3 Å². The van der Waals surface area contributed by atoms with Crippen LogP contribution < -0.4 is 14.5 Å². The van der Waals surface area contributed by atoms with Crippen LogP contribution >= 0.6 is 11.8 Å². The topological polar surface area (TPSA) is 91.8 Å². The first kappa shape index (κ1) is 22.9. The van der Waals surface area contributed by atoms with Gasteiger partial charge in [-0.1, -0.05) is 18.2 Å². The molecular formula is C23H23FN4O4S2. The molecule has 1 atom stereocenters. The van der Waals surface area contributed by atoms with Crippen molar-refractivity contribution in [3.8, 4) is 0 Å². The number of nitrogens with zero attached hydrogens (tertiary/aromatic N) is 3. The second kappa shape index (κ2) is 9.40. The van der Waals surface area contributed by atoms with E-state index in [4.69, 9.17) is 4.74 Å². The smallest absolute Gasteiger partial charge is 0.414 e. The molecule has 178 valence electrons. The van der Waals surface area contributed by atoms with Crippen molar-refractivity contribution in [2.45, 2.75) is 11.0 Å². The molecule has 2 aromatic carbocycles. The standard InChI is InChI=1S/C23H23FN4O4S2/c24-19-13-17(6-7-20(19)27-9-11-33-12-10-27)28-15-18(32-23(28)29)14-26-34(30,31)21-5-1-3-16-4-2-8-25-22(16)21/h1-8,13,18,26H,9-12,14-15H2/t18-/m0/s1. The van der Waals surface area contributed by atoms with Gasteiger partial charge in [0.25, 0.3) is 0 Å². The number of cyclic esters (lactones) is 1. The minimum atomic E-state index is -3.89. The van der Waals surface area contributed by atoms with E-state index in [1.165, 1.54) is 23.2 Å². The van der Waals surface area contributed by atoms with Crippen LogP contribution in [0.3, 0.4) is 0 Å². The molecule has 3 heterocycles. The first-order valence-corrected chi connectivity index (χ1v) is 13.5. The Balaban J connectivity index is 1.27. The van der Waals surface area contributed by atoms with Gasteiger partial charge < -0.3 is 9.64 Å². The van der Waals surface area contributed by atoms with Crippen molar-refractivity contribution in [1.29, 1.82) is 0 Å². The summed E-state index contributed by atoms with van der Waals surface area (Å²) in [5.41, 5.74) is 1.26. The Bertz CT molecular complexity index is 1330. The van der Waals surface area contributed by atoms with Gasteiger partial charge in [0.1, 0.15) is 16.8 Å². The lowest BCUT2D eigenvalue weighted by atomic mass is 10.2. The lowest BCUT2D eigenvalue weighted by Crippen LogP contribution is -2.35. The molecule has 2 saturated heterocycles. The predicted molar refractivity (Wildman–Crippen MR) is 130 cm³/mol. The van der Waals surface area contributed by atoms with Crippen LogP contribution in [0.25, 0.3) is 10.9 Å². The van der Waals surface area contributed by atoms with Gasteiger partial charge in [0, 0.05) is 42.7 Å². The van der Waals surface area contributed by atoms with Gasteiger partial charge in [-0.05, 0) is 30.3 Å². The average molecular weight is 503 g/mol. The molecule has 2 fully saturated rings. The lowest BCUT2D eigenvalue weighted by Gasteiger charge is -2.29. The average Bonchev–Trinajstić information content (AvgIpc) is 3.23. The third kappa shape index (κ3) is 4.55.